The van der Waals surface area contributed by atoms with Crippen LogP contribution in [0.4, 0.5) is 5.82 Å². The fraction of sp³-hybridized carbons (Fsp3) is 0.348. The van der Waals surface area contributed by atoms with Gasteiger partial charge in [0.1, 0.15) is 23.4 Å². The number of nitrogens with one attached hydrogen (secondary N) is 1. The van der Waals surface area contributed by atoms with Gasteiger partial charge >= 0.3 is 0 Å². The molecule has 2 saturated carbocycles. The maximum Gasteiger partial charge on any atom is 0.256 e. The molecule has 4 aromatic carbocycles. The third-order valence-electron chi connectivity index (χ3n) is 12.7. The van der Waals surface area contributed by atoms with Crippen molar-refractivity contribution in [2.24, 2.45) is 11.3 Å². The molecule has 300 valence electrons. The second kappa shape index (κ2) is 15.1. The molecule has 0 aliphatic heterocycles. The van der Waals surface area contributed by atoms with Crippen LogP contribution in [0.1, 0.15) is 60.3 Å². The van der Waals surface area contributed by atoms with E-state index in [1.807, 2.05) is 84.9 Å². The molecule has 2 fully saturated rings. The van der Waals surface area contributed by atoms with Gasteiger partial charge in [0.15, 0.2) is 25.3 Å². The second-order valence-electron chi connectivity index (χ2n) is 16.9. The predicted octanol–water partition coefficient (Wildman–Crippen LogP) is 8.42. The number of amides is 1. The SMILES string of the molecule is COc1ccc(C(O[C@H]2[C@@H](O[Si](C)(C)C(C)(C)C)[C@H](n3cnc4c(NC(=O)c5ccccc5)ncnc43)[C@H]3CC32CO)(c2ccccc2)c2ccc(OC)cc2)cc1. The van der Waals surface area contributed by atoms with E-state index in [4.69, 9.17) is 28.6 Å². The Labute approximate surface area is 340 Å². The summed E-state index contributed by atoms with van der Waals surface area (Å²) in [5.41, 5.74) is 2.44. The molecular formula is C46H51N5O6Si. The molecule has 11 nitrogen and oxygen atoms in total. The third kappa shape index (κ3) is 6.67. The van der Waals surface area contributed by atoms with Gasteiger partial charge in [-0.25, -0.2) is 15.0 Å². The second-order valence-corrected chi connectivity index (χ2v) is 21.7. The third-order valence-corrected chi connectivity index (χ3v) is 17.2. The normalized spacial score (nSPS) is 21.7. The smallest absolute Gasteiger partial charge is 0.256 e. The number of methoxy groups -OCH3 is 2. The van der Waals surface area contributed by atoms with Gasteiger partial charge in [0.05, 0.1) is 45.4 Å². The number of nitrogens with zero attached hydrogens (tertiary/aromatic N) is 4. The number of anilines is 1. The van der Waals surface area contributed by atoms with Crippen LogP contribution in [0.3, 0.4) is 0 Å². The van der Waals surface area contributed by atoms with Crippen molar-refractivity contribution < 1.29 is 28.5 Å². The lowest BCUT2D eigenvalue weighted by Crippen LogP contribution is -2.52. The largest absolute Gasteiger partial charge is 0.497 e. The van der Waals surface area contributed by atoms with Crippen LogP contribution < -0.4 is 14.8 Å². The molecule has 0 radical (unpaired) electrons. The molecule has 0 saturated heterocycles. The van der Waals surface area contributed by atoms with Gasteiger partial charge in [-0.1, -0.05) is 93.6 Å². The summed E-state index contributed by atoms with van der Waals surface area (Å²) in [5, 5.41) is 14.4. The van der Waals surface area contributed by atoms with Gasteiger partial charge in [-0.2, -0.15) is 0 Å². The van der Waals surface area contributed by atoms with E-state index < -0.39 is 31.5 Å². The Morgan fingerprint density at radius 3 is 1.95 bits per heavy atom. The van der Waals surface area contributed by atoms with Crippen LogP contribution in [0.15, 0.2) is 122 Å². The molecule has 2 aliphatic carbocycles. The maximum atomic E-state index is 13.3. The predicted molar refractivity (Wildman–Crippen MR) is 226 cm³/mol. The lowest BCUT2D eigenvalue weighted by molar-refractivity contribution is -0.128. The minimum atomic E-state index is -2.51. The van der Waals surface area contributed by atoms with E-state index in [1.165, 1.54) is 6.33 Å². The van der Waals surface area contributed by atoms with Gasteiger partial charge in [0.25, 0.3) is 5.91 Å². The number of fused-ring (bicyclic) bond motifs is 2. The number of carbonyl (C=O) groups is 1. The number of ether oxygens (including phenoxy) is 3. The number of aliphatic hydroxyl groups is 1. The van der Waals surface area contributed by atoms with Crippen LogP contribution in [-0.2, 0) is 14.8 Å². The van der Waals surface area contributed by atoms with E-state index in [1.54, 1.807) is 32.7 Å². The average Bonchev–Trinajstić information content (AvgIpc) is 3.72. The number of carbonyl (C=O) groups excluding carboxylic acids is 1. The van der Waals surface area contributed by atoms with E-state index in [0.717, 1.165) is 28.2 Å². The Kier molecular flexibility index (Phi) is 10.2. The zero-order chi connectivity index (χ0) is 40.9. The minimum Gasteiger partial charge on any atom is -0.497 e. The van der Waals surface area contributed by atoms with Crippen molar-refractivity contribution in [3.8, 4) is 11.5 Å². The summed E-state index contributed by atoms with van der Waals surface area (Å²) in [5.74, 6) is 1.44. The van der Waals surface area contributed by atoms with E-state index in [9.17, 15) is 9.90 Å². The molecule has 0 bridgehead atoms. The number of rotatable bonds is 13. The van der Waals surface area contributed by atoms with Gasteiger partial charge in [-0.05, 0) is 83.6 Å². The first-order valence-corrected chi connectivity index (χ1v) is 22.6. The molecule has 1 unspecified atom stereocenters. The summed E-state index contributed by atoms with van der Waals surface area (Å²) < 4.78 is 28.8. The van der Waals surface area contributed by atoms with Gasteiger partial charge in [0.2, 0.25) is 0 Å². The monoisotopic (exact) mass is 797 g/mol. The number of imidazole rings is 1. The van der Waals surface area contributed by atoms with Gasteiger partial charge in [-0.15, -0.1) is 0 Å². The van der Waals surface area contributed by atoms with Gasteiger partial charge < -0.3 is 33.6 Å². The quantitative estimate of drug-likeness (QED) is 0.0874. The zero-order valence-corrected chi connectivity index (χ0v) is 35.0. The molecule has 2 heterocycles. The summed E-state index contributed by atoms with van der Waals surface area (Å²) in [6.45, 7) is 11.1. The molecule has 0 spiro atoms. The van der Waals surface area contributed by atoms with Crippen molar-refractivity contribution in [3.05, 3.63) is 144 Å². The summed E-state index contributed by atoms with van der Waals surface area (Å²) in [6.07, 6.45) is 2.80. The van der Waals surface area contributed by atoms with Crippen molar-refractivity contribution in [2.75, 3.05) is 26.1 Å². The van der Waals surface area contributed by atoms with Crippen molar-refractivity contribution in [1.82, 2.24) is 19.5 Å². The highest BCUT2D eigenvalue weighted by Gasteiger charge is 2.74. The molecule has 12 heteroatoms. The van der Waals surface area contributed by atoms with Crippen LogP contribution in [0.25, 0.3) is 11.2 Å². The van der Waals surface area contributed by atoms with Crippen LogP contribution in [-0.4, -0.2) is 71.9 Å². The Morgan fingerprint density at radius 1 is 0.828 bits per heavy atom. The van der Waals surface area contributed by atoms with Crippen molar-refractivity contribution >= 4 is 31.2 Å². The fourth-order valence-corrected chi connectivity index (χ4v) is 9.78. The van der Waals surface area contributed by atoms with E-state index in [-0.39, 0.29) is 29.5 Å². The number of benzene rings is 4. The lowest BCUT2D eigenvalue weighted by Gasteiger charge is -2.46. The molecule has 6 aromatic rings. The van der Waals surface area contributed by atoms with E-state index in [2.05, 4.69) is 60.9 Å². The van der Waals surface area contributed by atoms with Crippen LogP contribution >= 0.6 is 0 Å². The molecule has 2 aromatic heterocycles. The zero-order valence-electron chi connectivity index (χ0n) is 34.0. The maximum absolute atomic E-state index is 13.3. The molecule has 1 amide bonds. The van der Waals surface area contributed by atoms with Gasteiger partial charge in [-0.3, -0.25) is 4.79 Å². The summed E-state index contributed by atoms with van der Waals surface area (Å²) in [6, 6.07) is 34.9. The molecule has 2 N–H and O–H groups in total. The highest BCUT2D eigenvalue weighted by molar-refractivity contribution is 6.74. The topological polar surface area (TPSA) is 130 Å². The van der Waals surface area contributed by atoms with Crippen LogP contribution in [0, 0.1) is 11.3 Å². The Balaban J connectivity index is 1.30. The summed E-state index contributed by atoms with van der Waals surface area (Å²) >= 11 is 0. The van der Waals surface area contributed by atoms with Crippen molar-refractivity contribution in [2.45, 2.75) is 69.2 Å². The number of aliphatic hydroxyl groups excluding tert-OH is 1. The first-order chi connectivity index (χ1) is 27.9. The molecule has 2 aliphatic rings. The molecule has 5 atom stereocenters. The van der Waals surface area contributed by atoms with Crippen LogP contribution in [0.5, 0.6) is 11.5 Å². The lowest BCUT2D eigenvalue weighted by atomic mass is 9.79. The molecule has 58 heavy (non-hydrogen) atoms. The van der Waals surface area contributed by atoms with Crippen molar-refractivity contribution in [1.29, 1.82) is 0 Å². The standard InChI is InChI=1S/C46H51N5O6Si/c1-44(2,3)58(6,7)57-39-38(51-29-49-37-41(47-28-48-42(37)51)50-43(53)30-14-10-8-11-15-30)36-26-45(36,27-52)40(39)56-46(31-16-12-9-13-17-31,32-18-22-34(54-4)23-19-32)33-20-24-35(55-5)25-21-33/h8-25,28-29,36,38-40,52H,26-27H2,1-7H3,(H,47,48,50,53)/t36-,38-,39+,40+,45?/m1/s1. The van der Waals surface area contributed by atoms with Gasteiger partial charge in [0, 0.05) is 11.0 Å². The summed E-state index contributed by atoms with van der Waals surface area (Å²) in [4.78, 5) is 27.3. The minimum absolute atomic E-state index is 0.0350. The Bertz CT molecular complexity index is 2340. The molecule has 8 rings (SSSR count). The molecular weight excluding hydrogens is 747 g/mol. The highest BCUT2D eigenvalue weighted by atomic mass is 28.4. The fourth-order valence-electron chi connectivity index (χ4n) is 8.48. The van der Waals surface area contributed by atoms with Crippen LogP contribution in [0.2, 0.25) is 18.1 Å². The number of aromatic nitrogens is 4. The van der Waals surface area contributed by atoms with E-state index in [0.29, 0.717) is 29.0 Å². The summed E-state index contributed by atoms with van der Waals surface area (Å²) in [7, 11) is 0.799. The first kappa shape index (κ1) is 39.4. The van der Waals surface area contributed by atoms with E-state index >= 15 is 0 Å². The Morgan fingerprint density at radius 2 is 1.40 bits per heavy atom. The number of hydrogen-bond acceptors (Lipinski definition) is 9. The first-order valence-electron chi connectivity index (χ1n) is 19.7. The average molecular weight is 798 g/mol. The Hall–Kier alpha value is -5.40. The highest BCUT2D eigenvalue weighted by Crippen LogP contribution is 2.70. The van der Waals surface area contributed by atoms with Crippen molar-refractivity contribution in [3.63, 3.8) is 0 Å². The number of hydrogen-bond donors (Lipinski definition) is 2.